The molecule has 3 nitrogen and oxygen atoms in total. The summed E-state index contributed by atoms with van der Waals surface area (Å²) in [5.74, 6) is 0.480. The molecule has 1 aromatic heterocycles. The quantitative estimate of drug-likeness (QED) is 0.782. The van der Waals surface area contributed by atoms with Crippen LogP contribution in [0, 0.1) is 6.92 Å². The first-order valence-electron chi connectivity index (χ1n) is 5.37. The lowest BCUT2D eigenvalue weighted by Crippen LogP contribution is -1.99. The molecular formula is C13H12ClNO2. The van der Waals surface area contributed by atoms with E-state index in [2.05, 4.69) is 5.16 Å². The van der Waals surface area contributed by atoms with Crippen LogP contribution < -0.4 is 0 Å². The average Bonchev–Trinajstić information content (AvgIpc) is 2.69. The molecule has 0 saturated carbocycles. The highest BCUT2D eigenvalue weighted by Gasteiger charge is 2.17. The molecule has 0 spiro atoms. The topological polar surface area (TPSA) is 43.1 Å². The molecular weight excluding hydrogens is 238 g/mol. The maximum Gasteiger partial charge on any atom is 0.257 e. The van der Waals surface area contributed by atoms with Crippen molar-refractivity contribution in [3.63, 3.8) is 0 Å². The number of hydrogen-bond donors (Lipinski definition) is 0. The molecule has 1 heterocycles. The number of carbonyl (C=O) groups is 1. The Balaban J connectivity index is 2.12. The van der Waals surface area contributed by atoms with Crippen molar-refractivity contribution in [1.29, 1.82) is 0 Å². The van der Waals surface area contributed by atoms with Gasteiger partial charge in [-0.1, -0.05) is 35.5 Å². The van der Waals surface area contributed by atoms with Crippen LogP contribution in [-0.2, 0) is 12.8 Å². The Labute approximate surface area is 104 Å². The third kappa shape index (κ3) is 2.74. The van der Waals surface area contributed by atoms with Gasteiger partial charge in [-0.2, -0.15) is 0 Å². The molecule has 0 aliphatic carbocycles. The highest BCUT2D eigenvalue weighted by molar-refractivity contribution is 6.68. The Hall–Kier alpha value is -1.61. The lowest BCUT2D eigenvalue weighted by atomic mass is 10.1. The van der Waals surface area contributed by atoms with E-state index < -0.39 is 5.24 Å². The minimum Gasteiger partial charge on any atom is -0.361 e. The number of halogens is 1. The van der Waals surface area contributed by atoms with Crippen LogP contribution in [0.3, 0.4) is 0 Å². The van der Waals surface area contributed by atoms with Crippen molar-refractivity contribution in [3.05, 3.63) is 52.9 Å². The zero-order valence-electron chi connectivity index (χ0n) is 9.44. The zero-order valence-corrected chi connectivity index (χ0v) is 10.2. The van der Waals surface area contributed by atoms with Crippen molar-refractivity contribution in [2.45, 2.75) is 19.8 Å². The molecule has 17 heavy (non-hydrogen) atoms. The van der Waals surface area contributed by atoms with Crippen molar-refractivity contribution in [2.75, 3.05) is 0 Å². The fourth-order valence-corrected chi connectivity index (χ4v) is 1.99. The summed E-state index contributed by atoms with van der Waals surface area (Å²) in [6.45, 7) is 1.69. The van der Waals surface area contributed by atoms with Gasteiger partial charge in [-0.15, -0.1) is 0 Å². The Morgan fingerprint density at radius 2 is 2.00 bits per heavy atom. The first-order chi connectivity index (χ1) is 8.18. The van der Waals surface area contributed by atoms with E-state index in [1.807, 2.05) is 30.3 Å². The van der Waals surface area contributed by atoms with Gasteiger partial charge in [0.05, 0.1) is 11.3 Å². The number of nitrogens with zero attached hydrogens (tertiary/aromatic N) is 1. The summed E-state index contributed by atoms with van der Waals surface area (Å²) in [5.41, 5.74) is 2.23. The number of aromatic nitrogens is 1. The van der Waals surface area contributed by atoms with Crippen molar-refractivity contribution in [3.8, 4) is 0 Å². The number of hydrogen-bond acceptors (Lipinski definition) is 3. The van der Waals surface area contributed by atoms with E-state index in [9.17, 15) is 4.79 Å². The SMILES string of the molecule is Cc1onc(CCc2ccccc2)c1C(=O)Cl. The molecule has 0 aliphatic rings. The third-order valence-corrected chi connectivity index (χ3v) is 2.81. The van der Waals surface area contributed by atoms with Gasteiger partial charge in [-0.25, -0.2) is 0 Å². The van der Waals surface area contributed by atoms with Crippen LogP contribution in [0.15, 0.2) is 34.9 Å². The Bertz CT molecular complexity index is 519. The van der Waals surface area contributed by atoms with E-state index in [4.69, 9.17) is 16.1 Å². The van der Waals surface area contributed by atoms with Gasteiger partial charge in [0.1, 0.15) is 5.76 Å². The summed E-state index contributed by atoms with van der Waals surface area (Å²) in [7, 11) is 0. The molecule has 2 rings (SSSR count). The molecule has 0 saturated heterocycles. The van der Waals surface area contributed by atoms with Crippen LogP contribution in [-0.4, -0.2) is 10.4 Å². The molecule has 0 bridgehead atoms. The van der Waals surface area contributed by atoms with Crippen LogP contribution in [0.5, 0.6) is 0 Å². The first-order valence-corrected chi connectivity index (χ1v) is 5.75. The minimum absolute atomic E-state index is 0.405. The van der Waals surface area contributed by atoms with Gasteiger partial charge in [0.2, 0.25) is 0 Å². The molecule has 0 unspecified atom stereocenters. The molecule has 0 atom stereocenters. The second-order valence-corrected chi connectivity index (χ2v) is 4.16. The van der Waals surface area contributed by atoms with Crippen molar-refractivity contribution in [1.82, 2.24) is 5.16 Å². The smallest absolute Gasteiger partial charge is 0.257 e. The van der Waals surface area contributed by atoms with Crippen molar-refractivity contribution < 1.29 is 9.32 Å². The summed E-state index contributed by atoms with van der Waals surface area (Å²) < 4.78 is 4.99. The maximum atomic E-state index is 11.2. The predicted molar refractivity (Wildman–Crippen MR) is 65.3 cm³/mol. The molecule has 0 amide bonds. The fourth-order valence-electron chi connectivity index (χ4n) is 1.75. The van der Waals surface area contributed by atoms with Crippen LogP contribution in [0.25, 0.3) is 0 Å². The van der Waals surface area contributed by atoms with Crippen LogP contribution in [0.2, 0.25) is 0 Å². The van der Waals surface area contributed by atoms with Gasteiger partial charge < -0.3 is 4.52 Å². The monoisotopic (exact) mass is 249 g/mol. The molecule has 2 aromatic rings. The average molecular weight is 250 g/mol. The van der Waals surface area contributed by atoms with E-state index >= 15 is 0 Å². The summed E-state index contributed by atoms with van der Waals surface area (Å²) in [6, 6.07) is 10.0. The predicted octanol–water partition coefficient (Wildman–Crippen LogP) is 3.15. The van der Waals surface area contributed by atoms with E-state index in [0.717, 1.165) is 6.42 Å². The van der Waals surface area contributed by atoms with E-state index in [0.29, 0.717) is 23.4 Å². The van der Waals surface area contributed by atoms with Gasteiger partial charge >= 0.3 is 0 Å². The molecule has 0 N–H and O–H groups in total. The van der Waals surface area contributed by atoms with E-state index in [1.54, 1.807) is 6.92 Å². The molecule has 4 heteroatoms. The molecule has 88 valence electrons. The maximum absolute atomic E-state index is 11.2. The van der Waals surface area contributed by atoms with Crippen LogP contribution in [0.4, 0.5) is 0 Å². The lowest BCUT2D eigenvalue weighted by Gasteiger charge is -1.99. The number of rotatable bonds is 4. The van der Waals surface area contributed by atoms with Gasteiger partial charge in [0, 0.05) is 0 Å². The zero-order chi connectivity index (χ0) is 12.3. The Kier molecular flexibility index (Phi) is 3.59. The standard InChI is InChI=1S/C13H12ClNO2/c1-9-12(13(14)16)11(15-17-9)8-7-10-5-3-2-4-6-10/h2-6H,7-8H2,1H3. The number of carbonyl (C=O) groups excluding carboxylic acids is 1. The number of benzene rings is 1. The largest absolute Gasteiger partial charge is 0.361 e. The van der Waals surface area contributed by atoms with Crippen molar-refractivity contribution in [2.24, 2.45) is 0 Å². The highest BCUT2D eigenvalue weighted by atomic mass is 35.5. The Morgan fingerprint density at radius 3 is 2.65 bits per heavy atom. The lowest BCUT2D eigenvalue weighted by molar-refractivity contribution is 0.107. The highest BCUT2D eigenvalue weighted by Crippen LogP contribution is 2.17. The molecule has 0 fully saturated rings. The second-order valence-electron chi connectivity index (χ2n) is 3.82. The Morgan fingerprint density at radius 1 is 1.29 bits per heavy atom. The molecule has 0 aliphatic heterocycles. The third-order valence-electron chi connectivity index (χ3n) is 2.62. The summed E-state index contributed by atoms with van der Waals surface area (Å²) >= 11 is 5.50. The summed E-state index contributed by atoms with van der Waals surface area (Å²) in [6.07, 6.45) is 1.46. The second kappa shape index (κ2) is 5.15. The van der Waals surface area contributed by atoms with Crippen LogP contribution in [0.1, 0.15) is 27.4 Å². The first kappa shape index (κ1) is 11.9. The summed E-state index contributed by atoms with van der Waals surface area (Å²) in [4.78, 5) is 11.2. The normalized spacial score (nSPS) is 10.5. The summed E-state index contributed by atoms with van der Waals surface area (Å²) in [5, 5.41) is 3.36. The van der Waals surface area contributed by atoms with Gasteiger partial charge in [0.15, 0.2) is 0 Å². The van der Waals surface area contributed by atoms with E-state index in [1.165, 1.54) is 5.56 Å². The van der Waals surface area contributed by atoms with Gasteiger partial charge in [0.25, 0.3) is 5.24 Å². The van der Waals surface area contributed by atoms with E-state index in [-0.39, 0.29) is 0 Å². The van der Waals surface area contributed by atoms with Crippen molar-refractivity contribution >= 4 is 16.8 Å². The van der Waals surface area contributed by atoms with Gasteiger partial charge in [-0.05, 0) is 36.9 Å². The molecule has 0 radical (unpaired) electrons. The van der Waals surface area contributed by atoms with Crippen LogP contribution >= 0.6 is 11.6 Å². The fraction of sp³-hybridized carbons (Fsp3) is 0.231. The molecule has 1 aromatic carbocycles. The minimum atomic E-state index is -0.508. The number of aryl methyl sites for hydroxylation is 3. The van der Waals surface area contributed by atoms with Gasteiger partial charge in [-0.3, -0.25) is 4.79 Å².